The average molecular weight is 321 g/mol. The maximum atomic E-state index is 12.9. The summed E-state index contributed by atoms with van der Waals surface area (Å²) in [7, 11) is -2.00. The lowest BCUT2D eigenvalue weighted by Gasteiger charge is -2.15. The number of nitrogens with zero attached hydrogens (tertiary/aromatic N) is 1. The third-order valence-corrected chi connectivity index (χ3v) is 8.10. The van der Waals surface area contributed by atoms with Crippen LogP contribution in [0.15, 0.2) is 18.5 Å². The van der Waals surface area contributed by atoms with E-state index in [-0.39, 0.29) is 0 Å². The van der Waals surface area contributed by atoms with Crippen molar-refractivity contribution in [2.45, 2.75) is 37.0 Å². The van der Waals surface area contributed by atoms with Crippen molar-refractivity contribution in [2.24, 2.45) is 0 Å². The minimum Gasteiger partial charge on any atom is -0.318 e. The smallest absolute Gasteiger partial charge is 0.123 e. The third-order valence-electron chi connectivity index (χ3n) is 3.23. The van der Waals surface area contributed by atoms with Crippen LogP contribution in [0.4, 0.5) is 0 Å². The number of hydrogen-bond donors (Lipinski definition) is 0. The maximum Gasteiger partial charge on any atom is 0.123 e. The fourth-order valence-electron chi connectivity index (χ4n) is 2.20. The van der Waals surface area contributed by atoms with E-state index in [9.17, 15) is 4.57 Å². The van der Waals surface area contributed by atoms with Crippen molar-refractivity contribution in [1.82, 2.24) is 2.78 Å². The van der Waals surface area contributed by atoms with Crippen LogP contribution < -0.4 is 5.30 Å². The Bertz CT molecular complexity index is 390. The van der Waals surface area contributed by atoms with Gasteiger partial charge in [0.05, 0.1) is 22.9 Å². The zero-order valence-corrected chi connectivity index (χ0v) is 10.9. The number of halogens is 1. The highest BCUT2D eigenvalue weighted by molar-refractivity contribution is 14.1. The summed E-state index contributed by atoms with van der Waals surface area (Å²) < 4.78 is 14.9. The summed E-state index contributed by atoms with van der Waals surface area (Å²) in [6, 6.07) is 2.06. The van der Waals surface area contributed by atoms with Gasteiger partial charge in [-0.05, 0) is 31.7 Å². The molecule has 0 saturated heterocycles. The van der Waals surface area contributed by atoms with Gasteiger partial charge in [0.1, 0.15) is 7.14 Å². The summed E-state index contributed by atoms with van der Waals surface area (Å²) in [6.45, 7) is 0. The van der Waals surface area contributed by atoms with E-state index in [2.05, 4.69) is 35.1 Å². The standard InChI is InChI=1S/C10H13INOP/c11-12-6-5-10(7-12)14(13,8-1-2-8)9-3-4-9/h5-9H,1-4H2. The molecule has 3 rings (SSSR count). The predicted molar refractivity (Wildman–Crippen MR) is 67.1 cm³/mol. The second-order valence-electron chi connectivity index (χ2n) is 4.39. The Morgan fingerprint density at radius 3 is 2.21 bits per heavy atom. The van der Waals surface area contributed by atoms with Crippen molar-refractivity contribution < 1.29 is 4.57 Å². The lowest BCUT2D eigenvalue weighted by atomic mass is 10.7. The van der Waals surface area contributed by atoms with Crippen LogP contribution in [-0.2, 0) is 4.57 Å². The quantitative estimate of drug-likeness (QED) is 0.620. The Morgan fingerprint density at radius 2 is 1.86 bits per heavy atom. The Balaban J connectivity index is 2.02. The van der Waals surface area contributed by atoms with Crippen molar-refractivity contribution in [3.05, 3.63) is 18.5 Å². The summed E-state index contributed by atoms with van der Waals surface area (Å²) in [6.07, 6.45) is 8.84. The highest BCUT2D eigenvalue weighted by atomic mass is 127. The van der Waals surface area contributed by atoms with Gasteiger partial charge in [0.15, 0.2) is 0 Å². The molecule has 14 heavy (non-hydrogen) atoms. The number of hydrogen-bond acceptors (Lipinski definition) is 1. The first-order chi connectivity index (χ1) is 6.71. The van der Waals surface area contributed by atoms with E-state index >= 15 is 0 Å². The fourth-order valence-corrected chi connectivity index (χ4v) is 6.76. The maximum absolute atomic E-state index is 12.9. The molecular weight excluding hydrogens is 308 g/mol. The summed E-state index contributed by atoms with van der Waals surface area (Å²) >= 11 is 2.22. The molecule has 4 heteroatoms. The van der Waals surface area contributed by atoms with Gasteiger partial charge >= 0.3 is 0 Å². The zero-order chi connectivity index (χ0) is 9.76. The minimum atomic E-state index is -2.00. The van der Waals surface area contributed by atoms with Gasteiger partial charge in [-0.1, -0.05) is 0 Å². The van der Waals surface area contributed by atoms with E-state index in [1.807, 2.05) is 8.98 Å². The molecule has 2 aliphatic rings. The van der Waals surface area contributed by atoms with Gasteiger partial charge in [-0.2, -0.15) is 0 Å². The lowest BCUT2D eigenvalue weighted by Crippen LogP contribution is -2.10. The molecule has 76 valence electrons. The van der Waals surface area contributed by atoms with Gasteiger partial charge in [0, 0.05) is 29.0 Å². The Labute approximate surface area is 97.9 Å². The van der Waals surface area contributed by atoms with Gasteiger partial charge in [-0.3, -0.25) is 2.78 Å². The predicted octanol–water partition coefficient (Wildman–Crippen LogP) is 3.00. The Hall–Kier alpha value is 0.240. The van der Waals surface area contributed by atoms with Crippen molar-refractivity contribution >= 4 is 35.3 Å². The van der Waals surface area contributed by atoms with Crippen molar-refractivity contribution in [2.75, 3.05) is 0 Å². The van der Waals surface area contributed by atoms with Gasteiger partial charge in [0.2, 0.25) is 0 Å². The number of rotatable bonds is 3. The largest absolute Gasteiger partial charge is 0.318 e. The molecule has 1 heterocycles. The van der Waals surface area contributed by atoms with Crippen LogP contribution in [0.3, 0.4) is 0 Å². The van der Waals surface area contributed by atoms with E-state index in [1.54, 1.807) is 0 Å². The molecule has 0 N–H and O–H groups in total. The van der Waals surface area contributed by atoms with E-state index < -0.39 is 7.14 Å². The molecule has 0 aromatic carbocycles. The van der Waals surface area contributed by atoms with Crippen LogP contribution in [-0.4, -0.2) is 14.1 Å². The number of aromatic nitrogens is 1. The second kappa shape index (κ2) is 3.11. The Morgan fingerprint density at radius 1 is 1.29 bits per heavy atom. The average Bonchev–Trinajstić information content (AvgIpc) is 3.01. The van der Waals surface area contributed by atoms with Crippen molar-refractivity contribution in [3.8, 4) is 0 Å². The summed E-state index contributed by atoms with van der Waals surface area (Å²) in [5.74, 6) is 0. The molecule has 1 aromatic heterocycles. The highest BCUT2D eigenvalue weighted by Gasteiger charge is 2.51. The summed E-state index contributed by atoms with van der Waals surface area (Å²) in [5.41, 5.74) is 1.07. The topological polar surface area (TPSA) is 22.0 Å². The first-order valence-electron chi connectivity index (χ1n) is 5.15. The molecule has 2 aliphatic carbocycles. The van der Waals surface area contributed by atoms with E-state index in [4.69, 9.17) is 0 Å². The van der Waals surface area contributed by atoms with Crippen LogP contribution in [0.5, 0.6) is 0 Å². The van der Waals surface area contributed by atoms with Gasteiger partial charge in [-0.15, -0.1) is 0 Å². The van der Waals surface area contributed by atoms with E-state index in [1.165, 1.54) is 25.7 Å². The van der Waals surface area contributed by atoms with Crippen LogP contribution >= 0.6 is 30.0 Å². The Kier molecular flexibility index (Phi) is 2.11. The molecule has 0 unspecified atom stereocenters. The molecule has 0 bridgehead atoms. The second-order valence-corrected chi connectivity index (χ2v) is 8.90. The van der Waals surface area contributed by atoms with Crippen molar-refractivity contribution in [3.63, 3.8) is 0 Å². The van der Waals surface area contributed by atoms with Crippen LogP contribution in [0.25, 0.3) is 0 Å². The molecule has 0 aliphatic heterocycles. The van der Waals surface area contributed by atoms with Crippen LogP contribution in [0, 0.1) is 0 Å². The molecule has 2 nitrogen and oxygen atoms in total. The molecule has 0 spiro atoms. The normalized spacial score (nSPS) is 22.6. The summed E-state index contributed by atoms with van der Waals surface area (Å²) in [5, 5.41) is 1.14. The van der Waals surface area contributed by atoms with Crippen molar-refractivity contribution in [1.29, 1.82) is 0 Å². The van der Waals surface area contributed by atoms with Gasteiger partial charge in [-0.25, -0.2) is 0 Å². The van der Waals surface area contributed by atoms with Crippen LogP contribution in [0.2, 0.25) is 0 Å². The molecule has 2 fully saturated rings. The summed E-state index contributed by atoms with van der Waals surface area (Å²) in [4.78, 5) is 0. The van der Waals surface area contributed by atoms with Gasteiger partial charge < -0.3 is 4.57 Å². The minimum absolute atomic E-state index is 0.536. The molecule has 1 aromatic rings. The molecule has 0 radical (unpaired) electrons. The fraction of sp³-hybridized carbons (Fsp3) is 0.600. The molecular formula is C10H13INOP. The monoisotopic (exact) mass is 321 g/mol. The highest BCUT2D eigenvalue weighted by Crippen LogP contribution is 2.69. The van der Waals surface area contributed by atoms with E-state index in [0.717, 1.165) is 5.30 Å². The first-order valence-corrected chi connectivity index (χ1v) is 7.96. The lowest BCUT2D eigenvalue weighted by molar-refractivity contribution is 0.579. The zero-order valence-electron chi connectivity index (χ0n) is 7.90. The SMILES string of the molecule is O=P(c1ccn(I)c1)(C1CC1)C1CC1. The van der Waals surface area contributed by atoms with Gasteiger partial charge in [0.25, 0.3) is 0 Å². The third kappa shape index (κ3) is 1.40. The molecule has 0 amide bonds. The molecule has 2 saturated carbocycles. The molecule has 0 atom stereocenters. The van der Waals surface area contributed by atoms with Crippen LogP contribution in [0.1, 0.15) is 25.7 Å². The first kappa shape index (κ1) is 9.46. The van der Waals surface area contributed by atoms with E-state index in [0.29, 0.717) is 11.3 Å².